The third kappa shape index (κ3) is 6.18. The predicted molar refractivity (Wildman–Crippen MR) is 146 cm³/mol. The highest BCUT2D eigenvalue weighted by Crippen LogP contribution is 2.45. The van der Waals surface area contributed by atoms with E-state index in [0.29, 0.717) is 45.5 Å². The van der Waals surface area contributed by atoms with Crippen molar-refractivity contribution in [3.63, 3.8) is 0 Å². The monoisotopic (exact) mass is 556 g/mol. The number of halogens is 3. The van der Waals surface area contributed by atoms with Crippen LogP contribution in [-0.4, -0.2) is 35.7 Å². The molecule has 0 aromatic heterocycles. The summed E-state index contributed by atoms with van der Waals surface area (Å²) in [6, 6.07) is 18.1. The molecule has 3 aromatic rings. The summed E-state index contributed by atoms with van der Waals surface area (Å²) in [6.45, 7) is 4.38. The zero-order valence-electron chi connectivity index (χ0n) is 20.5. The predicted octanol–water partition coefficient (Wildman–Crippen LogP) is 6.04. The number of ether oxygens (including phenoxy) is 2. The van der Waals surface area contributed by atoms with Crippen molar-refractivity contribution >= 4 is 35.0 Å². The summed E-state index contributed by atoms with van der Waals surface area (Å²) in [5.41, 5.74) is 0.353. The molecule has 1 aliphatic rings. The van der Waals surface area contributed by atoms with Crippen molar-refractivity contribution in [2.75, 3.05) is 13.2 Å². The highest BCUT2D eigenvalue weighted by Gasteiger charge is 2.53. The summed E-state index contributed by atoms with van der Waals surface area (Å²) in [5.74, 6) is 0.0715. The van der Waals surface area contributed by atoms with E-state index in [1.807, 2.05) is 0 Å². The maximum Gasteiger partial charge on any atom is 0.252 e. The maximum absolute atomic E-state index is 13.8. The molecule has 6 nitrogen and oxygen atoms in total. The quantitative estimate of drug-likeness (QED) is 0.223. The Labute approximate surface area is 230 Å². The highest BCUT2D eigenvalue weighted by atomic mass is 35.5. The van der Waals surface area contributed by atoms with E-state index in [2.05, 4.69) is 11.9 Å². The largest absolute Gasteiger partial charge is 0.494 e. The lowest BCUT2D eigenvalue weighted by atomic mass is 9.84. The van der Waals surface area contributed by atoms with Crippen LogP contribution in [0.2, 0.25) is 10.0 Å². The summed E-state index contributed by atoms with van der Waals surface area (Å²) < 4.78 is 25.6. The number of carbonyl (C=O) groups is 1. The van der Waals surface area contributed by atoms with Crippen molar-refractivity contribution in [1.82, 2.24) is 5.32 Å². The van der Waals surface area contributed by atoms with Crippen molar-refractivity contribution in [3.05, 3.63) is 112 Å². The third-order valence-electron chi connectivity index (χ3n) is 6.07. The smallest absolute Gasteiger partial charge is 0.252 e. The van der Waals surface area contributed by atoms with Crippen LogP contribution < -0.4 is 10.1 Å². The number of aliphatic hydroxyl groups is 1. The number of amides is 1. The zero-order valence-corrected chi connectivity index (χ0v) is 22.0. The Morgan fingerprint density at radius 2 is 1.97 bits per heavy atom. The molecule has 198 valence electrons. The van der Waals surface area contributed by atoms with E-state index in [1.165, 1.54) is 12.1 Å². The number of nitrogens with zero attached hydrogens (tertiary/aromatic N) is 1. The molecule has 0 radical (unpaired) electrons. The van der Waals surface area contributed by atoms with Crippen LogP contribution in [0.4, 0.5) is 4.39 Å². The van der Waals surface area contributed by atoms with Gasteiger partial charge in [-0.15, -0.1) is 6.58 Å². The Morgan fingerprint density at radius 3 is 2.66 bits per heavy atom. The molecule has 9 heteroatoms. The van der Waals surface area contributed by atoms with Crippen molar-refractivity contribution in [2.45, 2.75) is 31.0 Å². The normalized spacial score (nSPS) is 18.4. The van der Waals surface area contributed by atoms with Gasteiger partial charge in [0.25, 0.3) is 5.91 Å². The second-order valence-corrected chi connectivity index (χ2v) is 9.60. The van der Waals surface area contributed by atoms with E-state index in [0.717, 1.165) is 0 Å². The summed E-state index contributed by atoms with van der Waals surface area (Å²) in [7, 11) is 0. The maximum atomic E-state index is 13.8. The number of benzene rings is 3. The molecule has 0 bridgehead atoms. The molecule has 0 aliphatic carbocycles. The molecular weight excluding hydrogens is 530 g/mol. The Bertz CT molecular complexity index is 1330. The van der Waals surface area contributed by atoms with Gasteiger partial charge in [0, 0.05) is 47.2 Å². The van der Waals surface area contributed by atoms with Crippen molar-refractivity contribution in [3.8, 4) is 5.75 Å². The molecule has 0 saturated carbocycles. The first-order valence-electron chi connectivity index (χ1n) is 12.1. The van der Waals surface area contributed by atoms with Gasteiger partial charge in [-0.3, -0.25) is 4.79 Å². The van der Waals surface area contributed by atoms with Gasteiger partial charge in [-0.25, -0.2) is 9.38 Å². The molecule has 3 aromatic carbocycles. The summed E-state index contributed by atoms with van der Waals surface area (Å²) in [4.78, 5) is 18.6. The molecule has 0 fully saturated rings. The fourth-order valence-electron chi connectivity index (χ4n) is 4.21. The first kappa shape index (κ1) is 27.6. The Morgan fingerprint density at radius 1 is 1.18 bits per heavy atom. The topological polar surface area (TPSA) is 80.2 Å². The second-order valence-electron chi connectivity index (χ2n) is 8.76. The molecule has 0 unspecified atom stereocenters. The van der Waals surface area contributed by atoms with Gasteiger partial charge in [-0.2, -0.15) is 0 Å². The fraction of sp³-hybridized carbons (Fsp3) is 0.241. The molecular formula is C29H27Cl2FN2O4. The highest BCUT2D eigenvalue weighted by molar-refractivity contribution is 6.35. The molecule has 38 heavy (non-hydrogen) atoms. The second kappa shape index (κ2) is 12.4. The van der Waals surface area contributed by atoms with Gasteiger partial charge in [-0.05, 0) is 54.1 Å². The van der Waals surface area contributed by atoms with Gasteiger partial charge in [0.05, 0.1) is 6.61 Å². The van der Waals surface area contributed by atoms with E-state index < -0.39 is 23.4 Å². The van der Waals surface area contributed by atoms with Gasteiger partial charge in [0.1, 0.15) is 11.6 Å². The number of aliphatic imine (C=N–C) groups is 1. The summed E-state index contributed by atoms with van der Waals surface area (Å²) in [6.07, 6.45) is 1.40. The number of nitrogens with one attached hydrogen (secondary N) is 1. The SMILES string of the molecule is C=CC[C@@]1(C(=O)NCc2cccc(F)c2)N=C(c2ccc(OCCCO)cc2)O[C@@H]1c1ccc(Cl)cc1Cl. The molecule has 1 heterocycles. The number of hydrogen-bond donors (Lipinski definition) is 2. The van der Waals surface area contributed by atoms with Gasteiger partial charge in [-0.1, -0.05) is 47.5 Å². The van der Waals surface area contributed by atoms with Gasteiger partial charge < -0.3 is 19.9 Å². The van der Waals surface area contributed by atoms with Crippen LogP contribution in [0.25, 0.3) is 0 Å². The van der Waals surface area contributed by atoms with Crippen LogP contribution >= 0.6 is 23.2 Å². The van der Waals surface area contributed by atoms with Crippen LogP contribution in [0.5, 0.6) is 5.75 Å². The minimum Gasteiger partial charge on any atom is -0.494 e. The lowest BCUT2D eigenvalue weighted by Gasteiger charge is -2.30. The number of aliphatic hydroxyl groups excluding tert-OH is 1. The minimum absolute atomic E-state index is 0.0457. The molecule has 4 rings (SSSR count). The van der Waals surface area contributed by atoms with E-state index in [9.17, 15) is 9.18 Å². The van der Waals surface area contributed by atoms with Crippen LogP contribution in [-0.2, 0) is 16.1 Å². The average molecular weight is 557 g/mol. The number of hydrogen-bond acceptors (Lipinski definition) is 5. The summed E-state index contributed by atoms with van der Waals surface area (Å²) in [5, 5.41) is 12.6. The molecule has 2 N–H and O–H groups in total. The number of carbonyl (C=O) groups excluding carboxylic acids is 1. The van der Waals surface area contributed by atoms with Crippen molar-refractivity contribution in [1.29, 1.82) is 0 Å². The van der Waals surface area contributed by atoms with E-state index >= 15 is 0 Å². The lowest BCUT2D eigenvalue weighted by Crippen LogP contribution is -2.47. The third-order valence-corrected chi connectivity index (χ3v) is 6.63. The summed E-state index contributed by atoms with van der Waals surface area (Å²) >= 11 is 12.7. The zero-order chi connectivity index (χ0) is 27.1. The first-order chi connectivity index (χ1) is 18.4. The van der Waals surface area contributed by atoms with Crippen molar-refractivity contribution in [2.24, 2.45) is 4.99 Å². The Kier molecular flexibility index (Phi) is 9.05. The van der Waals surface area contributed by atoms with Gasteiger partial charge in [0.2, 0.25) is 5.90 Å². The average Bonchev–Trinajstić information content (AvgIpc) is 3.28. The van der Waals surface area contributed by atoms with Crippen LogP contribution in [0.1, 0.15) is 35.6 Å². The van der Waals surface area contributed by atoms with Gasteiger partial charge >= 0.3 is 0 Å². The molecule has 0 saturated heterocycles. The fourth-order valence-corrected chi connectivity index (χ4v) is 4.72. The Hall–Kier alpha value is -3.39. The van der Waals surface area contributed by atoms with Crippen LogP contribution in [0.15, 0.2) is 84.4 Å². The molecule has 1 aliphatic heterocycles. The molecule has 0 spiro atoms. The van der Waals surface area contributed by atoms with Crippen LogP contribution in [0, 0.1) is 5.82 Å². The van der Waals surface area contributed by atoms with E-state index in [1.54, 1.807) is 60.7 Å². The minimum atomic E-state index is -1.43. The number of rotatable bonds is 11. The molecule has 1 amide bonds. The first-order valence-corrected chi connectivity index (χ1v) is 12.8. The molecule has 2 atom stereocenters. The van der Waals surface area contributed by atoms with E-state index in [4.69, 9.17) is 42.8 Å². The lowest BCUT2D eigenvalue weighted by molar-refractivity contribution is -0.129. The van der Waals surface area contributed by atoms with Crippen LogP contribution in [0.3, 0.4) is 0 Å². The van der Waals surface area contributed by atoms with Gasteiger partial charge in [0.15, 0.2) is 11.6 Å². The Balaban J connectivity index is 1.69. The van der Waals surface area contributed by atoms with Crippen molar-refractivity contribution < 1.29 is 23.8 Å². The standard InChI is InChI=1S/C29H27Cl2FN2O4/c1-2-13-29(28(36)33-18-19-5-3-6-22(32)16-19)26(24-12-9-21(30)17-25(24)31)38-27(34-29)20-7-10-23(11-8-20)37-15-4-14-35/h2-3,5-12,16-17,26,35H,1,4,13-15,18H2,(H,33,36)/t26-,29-/m1/s1. The van der Waals surface area contributed by atoms with E-state index in [-0.39, 0.29) is 25.5 Å².